The van der Waals surface area contributed by atoms with Gasteiger partial charge in [0.25, 0.3) is 0 Å². The molecule has 0 aliphatic carbocycles. The van der Waals surface area contributed by atoms with E-state index in [9.17, 15) is 9.59 Å². The Morgan fingerprint density at radius 1 is 1.33 bits per heavy atom. The van der Waals surface area contributed by atoms with Crippen molar-refractivity contribution in [2.24, 2.45) is 0 Å². The van der Waals surface area contributed by atoms with E-state index in [1.54, 1.807) is 23.1 Å². The van der Waals surface area contributed by atoms with Gasteiger partial charge in [0.15, 0.2) is 0 Å². The highest BCUT2D eigenvalue weighted by Gasteiger charge is 2.46. The number of ether oxygens (including phenoxy) is 1. The number of hydrogen-bond donors (Lipinski definition) is 1. The molecule has 0 unspecified atom stereocenters. The second-order valence-corrected chi connectivity index (χ2v) is 7.33. The molecule has 3 amide bonds. The van der Waals surface area contributed by atoms with Crippen LogP contribution in [0.25, 0.3) is 0 Å². The summed E-state index contributed by atoms with van der Waals surface area (Å²) in [6, 6.07) is 3.76. The predicted molar refractivity (Wildman–Crippen MR) is 100 cm³/mol. The summed E-state index contributed by atoms with van der Waals surface area (Å²) in [5.41, 5.74) is -0.430. The van der Waals surface area contributed by atoms with E-state index < -0.39 is 5.60 Å². The first-order valence-corrected chi connectivity index (χ1v) is 9.72. The number of nitrogens with zero attached hydrogens (tertiary/aromatic N) is 3. The van der Waals surface area contributed by atoms with E-state index in [0.29, 0.717) is 39.0 Å². The summed E-state index contributed by atoms with van der Waals surface area (Å²) >= 11 is 0. The molecule has 1 N–H and O–H groups in total. The van der Waals surface area contributed by atoms with Gasteiger partial charge in [-0.2, -0.15) is 0 Å². The fraction of sp³-hybridized carbons (Fsp3) is 0.684. The molecule has 2 aliphatic heterocycles. The van der Waals surface area contributed by atoms with E-state index in [1.165, 1.54) is 0 Å². The molecule has 8 nitrogen and oxygen atoms in total. The molecule has 1 aromatic heterocycles. The first kappa shape index (κ1) is 19.5. The van der Waals surface area contributed by atoms with E-state index >= 15 is 0 Å². The van der Waals surface area contributed by atoms with Gasteiger partial charge in [-0.05, 0) is 25.2 Å². The zero-order valence-corrected chi connectivity index (χ0v) is 16.4. The third-order valence-electron chi connectivity index (χ3n) is 5.67. The number of urea groups is 1. The highest BCUT2D eigenvalue weighted by Crippen LogP contribution is 2.32. The van der Waals surface area contributed by atoms with Gasteiger partial charge in [0.05, 0.1) is 18.8 Å². The van der Waals surface area contributed by atoms with Gasteiger partial charge in [-0.3, -0.25) is 4.90 Å². The van der Waals surface area contributed by atoms with Crippen LogP contribution in [0.1, 0.15) is 38.5 Å². The number of carbonyl (C=O) groups excluding carboxylic acids is 2. The summed E-state index contributed by atoms with van der Waals surface area (Å²) in [7, 11) is 1.75. The molecule has 3 heterocycles. The SMILES string of the molecule is CCN(CC)[C@H](CNC(=O)N1CCC2(CC1)CN(C)C(=O)O2)c1ccco1. The van der Waals surface area contributed by atoms with E-state index in [2.05, 4.69) is 24.1 Å². The standard InChI is InChI=1S/C19H30N4O4/c1-4-22(5-2)15(16-7-6-12-26-16)13-20-17(24)23-10-8-19(9-11-23)14-21(3)18(25)27-19/h6-7,12,15H,4-5,8-11,13-14H2,1-3H3,(H,20,24)/t15-/m1/s1. The largest absolute Gasteiger partial charge is 0.468 e. The van der Waals surface area contributed by atoms with Gasteiger partial charge < -0.3 is 24.3 Å². The van der Waals surface area contributed by atoms with Crippen LogP contribution in [0.3, 0.4) is 0 Å². The van der Waals surface area contributed by atoms with Crippen molar-refractivity contribution in [1.82, 2.24) is 20.0 Å². The minimum atomic E-state index is -0.430. The average molecular weight is 378 g/mol. The Morgan fingerprint density at radius 3 is 2.56 bits per heavy atom. The average Bonchev–Trinajstić information content (AvgIpc) is 3.28. The van der Waals surface area contributed by atoms with Crippen LogP contribution in [0, 0.1) is 0 Å². The van der Waals surface area contributed by atoms with Gasteiger partial charge >= 0.3 is 12.1 Å². The number of likely N-dealkylation sites (tertiary alicyclic amines) is 1. The van der Waals surface area contributed by atoms with Crippen molar-refractivity contribution in [3.63, 3.8) is 0 Å². The summed E-state index contributed by atoms with van der Waals surface area (Å²) in [4.78, 5) is 30.0. The van der Waals surface area contributed by atoms with Crippen molar-refractivity contribution in [3.8, 4) is 0 Å². The number of carbonyl (C=O) groups is 2. The Labute approximate surface area is 160 Å². The molecule has 150 valence electrons. The first-order valence-electron chi connectivity index (χ1n) is 9.72. The smallest absolute Gasteiger partial charge is 0.410 e. The normalized spacial score (nSPS) is 20.2. The Morgan fingerprint density at radius 2 is 2.04 bits per heavy atom. The number of furan rings is 1. The van der Waals surface area contributed by atoms with E-state index in [-0.39, 0.29) is 18.2 Å². The molecule has 0 bridgehead atoms. The molecule has 0 aromatic carbocycles. The predicted octanol–water partition coefficient (Wildman–Crippen LogP) is 2.29. The molecule has 27 heavy (non-hydrogen) atoms. The number of amides is 3. The molecule has 8 heteroatoms. The van der Waals surface area contributed by atoms with Crippen LogP contribution >= 0.6 is 0 Å². The molecule has 0 radical (unpaired) electrons. The van der Waals surface area contributed by atoms with Crippen molar-refractivity contribution in [2.75, 3.05) is 46.3 Å². The van der Waals surface area contributed by atoms with Crippen molar-refractivity contribution in [3.05, 3.63) is 24.2 Å². The van der Waals surface area contributed by atoms with Crippen molar-refractivity contribution >= 4 is 12.1 Å². The summed E-state index contributed by atoms with van der Waals surface area (Å²) in [6.07, 6.45) is 2.74. The molecule has 2 aliphatic rings. The lowest BCUT2D eigenvalue weighted by Crippen LogP contribution is -2.52. The summed E-state index contributed by atoms with van der Waals surface area (Å²) in [6.45, 7) is 8.23. The highest BCUT2D eigenvalue weighted by atomic mass is 16.6. The van der Waals surface area contributed by atoms with E-state index in [1.807, 2.05) is 12.1 Å². The maximum absolute atomic E-state index is 12.7. The van der Waals surface area contributed by atoms with Gasteiger partial charge in [-0.25, -0.2) is 9.59 Å². The molecule has 1 spiro atoms. The van der Waals surface area contributed by atoms with Crippen molar-refractivity contribution in [1.29, 1.82) is 0 Å². The topological polar surface area (TPSA) is 78.3 Å². The van der Waals surface area contributed by atoms with E-state index in [0.717, 1.165) is 18.8 Å². The number of piperidine rings is 1. The number of nitrogens with one attached hydrogen (secondary N) is 1. The van der Waals surface area contributed by atoms with Crippen molar-refractivity contribution < 1.29 is 18.7 Å². The van der Waals surface area contributed by atoms with Gasteiger partial charge in [0, 0.05) is 39.5 Å². The number of likely N-dealkylation sites (N-methyl/N-ethyl adjacent to an activating group) is 2. The monoisotopic (exact) mass is 378 g/mol. The second-order valence-electron chi connectivity index (χ2n) is 7.33. The summed E-state index contributed by atoms with van der Waals surface area (Å²) in [5.74, 6) is 0.859. The van der Waals surface area contributed by atoms with Crippen LogP contribution in [0.4, 0.5) is 9.59 Å². The van der Waals surface area contributed by atoms with Gasteiger partial charge in [0.1, 0.15) is 11.4 Å². The lowest BCUT2D eigenvalue weighted by Gasteiger charge is -2.37. The quantitative estimate of drug-likeness (QED) is 0.822. The zero-order chi connectivity index (χ0) is 19.4. The van der Waals surface area contributed by atoms with Gasteiger partial charge in [0.2, 0.25) is 0 Å². The maximum Gasteiger partial charge on any atom is 0.410 e. The Balaban J connectivity index is 1.54. The molecular weight excluding hydrogens is 348 g/mol. The van der Waals surface area contributed by atoms with Crippen LogP contribution in [-0.2, 0) is 4.74 Å². The molecular formula is C19H30N4O4. The molecule has 3 rings (SSSR count). The fourth-order valence-electron chi connectivity index (χ4n) is 4.02. The first-order chi connectivity index (χ1) is 13.0. The number of rotatable bonds is 6. The zero-order valence-electron chi connectivity index (χ0n) is 16.4. The second kappa shape index (κ2) is 8.21. The maximum atomic E-state index is 12.7. The summed E-state index contributed by atoms with van der Waals surface area (Å²) in [5, 5.41) is 3.05. The molecule has 1 aromatic rings. The van der Waals surface area contributed by atoms with Crippen LogP contribution in [-0.4, -0.2) is 78.7 Å². The minimum Gasteiger partial charge on any atom is -0.468 e. The third-order valence-corrected chi connectivity index (χ3v) is 5.67. The summed E-state index contributed by atoms with van der Waals surface area (Å²) < 4.78 is 11.1. The number of hydrogen-bond acceptors (Lipinski definition) is 5. The van der Waals surface area contributed by atoms with Crippen LogP contribution in [0.15, 0.2) is 22.8 Å². The lowest BCUT2D eigenvalue weighted by molar-refractivity contribution is 0.00949. The molecule has 2 fully saturated rings. The van der Waals surface area contributed by atoms with Gasteiger partial charge in [-0.15, -0.1) is 0 Å². The Bertz CT molecular complexity index is 636. The molecule has 1 atom stereocenters. The fourth-order valence-corrected chi connectivity index (χ4v) is 4.02. The van der Waals surface area contributed by atoms with E-state index in [4.69, 9.17) is 9.15 Å². The van der Waals surface area contributed by atoms with Crippen LogP contribution < -0.4 is 5.32 Å². The van der Waals surface area contributed by atoms with Crippen LogP contribution in [0.5, 0.6) is 0 Å². The minimum absolute atomic E-state index is 0.0134. The Kier molecular flexibility index (Phi) is 5.94. The van der Waals surface area contributed by atoms with Gasteiger partial charge in [-0.1, -0.05) is 13.8 Å². The molecule has 0 saturated carbocycles. The Hall–Kier alpha value is -2.22. The molecule has 2 saturated heterocycles. The van der Waals surface area contributed by atoms with Crippen molar-refractivity contribution in [2.45, 2.75) is 38.3 Å². The third kappa shape index (κ3) is 4.21. The lowest BCUT2D eigenvalue weighted by atomic mass is 9.91. The highest BCUT2D eigenvalue weighted by molar-refractivity contribution is 5.74. The van der Waals surface area contributed by atoms with Crippen LogP contribution in [0.2, 0.25) is 0 Å².